The zero-order valence-electron chi connectivity index (χ0n) is 11.4. The molecule has 0 amide bonds. The number of rotatable bonds is 6. The zero-order valence-corrected chi connectivity index (χ0v) is 13.8. The molecular formula is C13H21BrClNO3. The van der Waals surface area contributed by atoms with E-state index < -0.39 is 12.1 Å². The second-order valence-corrected chi connectivity index (χ2v) is 4.96. The molecule has 0 saturated heterocycles. The van der Waals surface area contributed by atoms with Crippen molar-refractivity contribution in [3.05, 3.63) is 22.2 Å². The van der Waals surface area contributed by atoms with E-state index in [0.29, 0.717) is 17.9 Å². The SMILES string of the molecule is CCC[C@@H](O)[C@@H](N)c1cc(OC)c(OC)cc1Br.Cl. The van der Waals surface area contributed by atoms with Gasteiger partial charge in [-0.1, -0.05) is 29.3 Å². The molecule has 2 atom stereocenters. The van der Waals surface area contributed by atoms with Crippen molar-refractivity contribution >= 4 is 28.3 Å². The highest BCUT2D eigenvalue weighted by atomic mass is 79.9. The fourth-order valence-electron chi connectivity index (χ4n) is 1.81. The van der Waals surface area contributed by atoms with Gasteiger partial charge in [0.05, 0.1) is 26.4 Å². The van der Waals surface area contributed by atoms with E-state index in [1.54, 1.807) is 26.4 Å². The molecule has 1 aromatic carbocycles. The maximum Gasteiger partial charge on any atom is 0.161 e. The first-order valence-corrected chi connectivity index (χ1v) is 6.69. The fourth-order valence-corrected chi connectivity index (χ4v) is 2.39. The average Bonchev–Trinajstić information content (AvgIpc) is 2.37. The van der Waals surface area contributed by atoms with Crippen molar-refractivity contribution in [3.8, 4) is 11.5 Å². The number of halogens is 2. The molecule has 0 heterocycles. The second-order valence-electron chi connectivity index (χ2n) is 4.11. The number of aliphatic hydroxyl groups is 1. The van der Waals surface area contributed by atoms with Crippen molar-refractivity contribution in [1.29, 1.82) is 0 Å². The van der Waals surface area contributed by atoms with Crippen LogP contribution in [0.3, 0.4) is 0 Å². The Morgan fingerprint density at radius 2 is 1.79 bits per heavy atom. The van der Waals surface area contributed by atoms with Crippen LogP contribution in [0.5, 0.6) is 11.5 Å². The van der Waals surface area contributed by atoms with Gasteiger partial charge in [-0.2, -0.15) is 0 Å². The number of benzene rings is 1. The van der Waals surface area contributed by atoms with E-state index in [4.69, 9.17) is 15.2 Å². The summed E-state index contributed by atoms with van der Waals surface area (Å²) >= 11 is 3.44. The van der Waals surface area contributed by atoms with Crippen LogP contribution in [0, 0.1) is 0 Å². The fraction of sp³-hybridized carbons (Fsp3) is 0.538. The van der Waals surface area contributed by atoms with E-state index in [1.165, 1.54) is 0 Å². The number of hydrogen-bond donors (Lipinski definition) is 2. The van der Waals surface area contributed by atoms with E-state index in [2.05, 4.69) is 15.9 Å². The first kappa shape index (κ1) is 18.5. The number of methoxy groups -OCH3 is 2. The van der Waals surface area contributed by atoms with E-state index in [9.17, 15) is 5.11 Å². The molecule has 1 aromatic rings. The molecule has 0 aliphatic carbocycles. The Kier molecular flexibility index (Phi) is 8.41. The molecule has 4 nitrogen and oxygen atoms in total. The maximum absolute atomic E-state index is 9.97. The highest BCUT2D eigenvalue weighted by molar-refractivity contribution is 9.10. The van der Waals surface area contributed by atoms with E-state index in [-0.39, 0.29) is 12.4 Å². The molecule has 0 fully saturated rings. The summed E-state index contributed by atoms with van der Waals surface area (Å²) in [5, 5.41) is 9.97. The third-order valence-corrected chi connectivity index (χ3v) is 3.55. The van der Waals surface area contributed by atoms with Gasteiger partial charge in [-0.05, 0) is 24.1 Å². The number of aliphatic hydroxyl groups excluding tert-OH is 1. The largest absolute Gasteiger partial charge is 0.493 e. The summed E-state index contributed by atoms with van der Waals surface area (Å²) in [6.45, 7) is 2.01. The highest BCUT2D eigenvalue weighted by Crippen LogP contribution is 2.36. The van der Waals surface area contributed by atoms with Crippen LogP contribution in [0.15, 0.2) is 16.6 Å². The Bertz CT molecular complexity index is 404. The average molecular weight is 355 g/mol. The van der Waals surface area contributed by atoms with Gasteiger partial charge in [-0.15, -0.1) is 12.4 Å². The quantitative estimate of drug-likeness (QED) is 0.824. The molecule has 0 radical (unpaired) electrons. The van der Waals surface area contributed by atoms with Crippen molar-refractivity contribution < 1.29 is 14.6 Å². The van der Waals surface area contributed by atoms with Gasteiger partial charge in [0.15, 0.2) is 11.5 Å². The summed E-state index contributed by atoms with van der Waals surface area (Å²) < 4.78 is 11.2. The predicted molar refractivity (Wildman–Crippen MR) is 82.3 cm³/mol. The minimum absolute atomic E-state index is 0. The standard InChI is InChI=1S/C13H20BrNO3.ClH/c1-4-5-10(16)13(15)8-6-11(17-2)12(18-3)7-9(8)14;/h6-7,10,13,16H,4-5,15H2,1-3H3;1H/t10-,13+;/m1./s1. The van der Waals surface area contributed by atoms with Gasteiger partial charge in [-0.3, -0.25) is 0 Å². The summed E-state index contributed by atoms with van der Waals surface area (Å²) in [6.07, 6.45) is 0.992. The van der Waals surface area contributed by atoms with Crippen LogP contribution in [0.1, 0.15) is 31.4 Å². The smallest absolute Gasteiger partial charge is 0.161 e. The van der Waals surface area contributed by atoms with Crippen LogP contribution < -0.4 is 15.2 Å². The van der Waals surface area contributed by atoms with Gasteiger partial charge in [0.2, 0.25) is 0 Å². The van der Waals surface area contributed by atoms with Crippen LogP contribution >= 0.6 is 28.3 Å². The van der Waals surface area contributed by atoms with Crippen molar-refractivity contribution in [2.24, 2.45) is 5.73 Å². The number of hydrogen-bond acceptors (Lipinski definition) is 4. The lowest BCUT2D eigenvalue weighted by Crippen LogP contribution is -2.26. The Morgan fingerprint density at radius 1 is 1.26 bits per heavy atom. The van der Waals surface area contributed by atoms with Crippen molar-refractivity contribution in [2.45, 2.75) is 31.9 Å². The van der Waals surface area contributed by atoms with Crippen molar-refractivity contribution in [1.82, 2.24) is 0 Å². The maximum atomic E-state index is 9.97. The molecule has 19 heavy (non-hydrogen) atoms. The Balaban J connectivity index is 0.00000324. The molecule has 0 spiro atoms. The number of ether oxygens (including phenoxy) is 2. The Hall–Kier alpha value is -0.490. The summed E-state index contributed by atoms with van der Waals surface area (Å²) in [4.78, 5) is 0. The third kappa shape index (κ3) is 4.53. The van der Waals surface area contributed by atoms with Gasteiger partial charge in [0.25, 0.3) is 0 Å². The molecule has 0 aliphatic heterocycles. The van der Waals surface area contributed by atoms with Crippen LogP contribution in [0.2, 0.25) is 0 Å². The van der Waals surface area contributed by atoms with E-state index >= 15 is 0 Å². The van der Waals surface area contributed by atoms with Gasteiger partial charge in [-0.25, -0.2) is 0 Å². The minimum atomic E-state index is -0.565. The van der Waals surface area contributed by atoms with Crippen molar-refractivity contribution in [2.75, 3.05) is 14.2 Å². The molecule has 1 rings (SSSR count). The summed E-state index contributed by atoms with van der Waals surface area (Å²) in [5.41, 5.74) is 6.88. The lowest BCUT2D eigenvalue weighted by molar-refractivity contribution is 0.134. The Labute approximate surface area is 128 Å². The zero-order chi connectivity index (χ0) is 13.7. The van der Waals surface area contributed by atoms with Crippen LogP contribution in [-0.4, -0.2) is 25.4 Å². The monoisotopic (exact) mass is 353 g/mol. The molecule has 3 N–H and O–H groups in total. The summed E-state index contributed by atoms with van der Waals surface area (Å²) in [7, 11) is 3.15. The molecule has 110 valence electrons. The molecule has 0 aromatic heterocycles. The number of nitrogens with two attached hydrogens (primary N) is 1. The lowest BCUT2D eigenvalue weighted by Gasteiger charge is -2.21. The van der Waals surface area contributed by atoms with Crippen LogP contribution in [0.4, 0.5) is 0 Å². The topological polar surface area (TPSA) is 64.7 Å². The summed E-state index contributed by atoms with van der Waals surface area (Å²) in [6, 6.07) is 3.15. The van der Waals surface area contributed by atoms with Gasteiger partial charge >= 0.3 is 0 Å². The molecule has 0 saturated carbocycles. The van der Waals surface area contributed by atoms with Gasteiger partial charge in [0, 0.05) is 4.47 Å². The normalized spacial score (nSPS) is 13.4. The van der Waals surface area contributed by atoms with E-state index in [0.717, 1.165) is 16.5 Å². The Morgan fingerprint density at radius 3 is 2.26 bits per heavy atom. The molecule has 0 bridgehead atoms. The molecular weight excluding hydrogens is 334 g/mol. The van der Waals surface area contributed by atoms with Crippen molar-refractivity contribution in [3.63, 3.8) is 0 Å². The first-order valence-electron chi connectivity index (χ1n) is 5.90. The summed E-state index contributed by atoms with van der Waals surface area (Å²) in [5.74, 6) is 1.24. The lowest BCUT2D eigenvalue weighted by atomic mass is 9.99. The van der Waals surface area contributed by atoms with Gasteiger partial charge < -0.3 is 20.3 Å². The minimum Gasteiger partial charge on any atom is -0.493 e. The third-order valence-electron chi connectivity index (χ3n) is 2.86. The second kappa shape index (κ2) is 8.64. The molecule has 0 unspecified atom stereocenters. The van der Waals surface area contributed by atoms with Crippen LogP contribution in [0.25, 0.3) is 0 Å². The van der Waals surface area contributed by atoms with Gasteiger partial charge in [0.1, 0.15) is 0 Å². The molecule has 6 heteroatoms. The first-order chi connectivity index (χ1) is 8.54. The predicted octanol–water partition coefficient (Wildman–Crippen LogP) is 3.05. The highest BCUT2D eigenvalue weighted by Gasteiger charge is 2.20. The van der Waals surface area contributed by atoms with E-state index in [1.807, 2.05) is 6.92 Å². The van der Waals surface area contributed by atoms with Crippen LogP contribution in [-0.2, 0) is 0 Å². The molecule has 0 aliphatic rings.